The molecule has 1 unspecified atom stereocenters. The Hall–Kier alpha value is -4.14. The van der Waals surface area contributed by atoms with Gasteiger partial charge in [0, 0.05) is 30.8 Å². The number of aromatic nitrogens is 2. The first-order chi connectivity index (χ1) is 16.5. The van der Waals surface area contributed by atoms with Crippen molar-refractivity contribution in [2.24, 2.45) is 0 Å². The normalized spacial score (nSPS) is 13.2. The quantitative estimate of drug-likeness (QED) is 0.471. The van der Waals surface area contributed by atoms with E-state index in [1.54, 1.807) is 26.3 Å². The van der Waals surface area contributed by atoms with Crippen LogP contribution < -0.4 is 25.4 Å². The second-order valence-corrected chi connectivity index (χ2v) is 7.99. The number of methoxy groups -OCH3 is 1. The molecule has 2 amide bonds. The molecular weight excluding hydrogens is 434 g/mol. The first-order valence-electron chi connectivity index (χ1n) is 11.0. The molecule has 9 nitrogen and oxygen atoms in total. The molecule has 0 radical (unpaired) electrons. The molecule has 3 N–H and O–H groups in total. The van der Waals surface area contributed by atoms with Crippen LogP contribution in [0.2, 0.25) is 0 Å². The molecule has 0 bridgehead atoms. The molecule has 2 aromatic carbocycles. The van der Waals surface area contributed by atoms with E-state index in [4.69, 9.17) is 9.47 Å². The van der Waals surface area contributed by atoms with Crippen molar-refractivity contribution in [3.8, 4) is 22.8 Å². The van der Waals surface area contributed by atoms with Crippen molar-refractivity contribution in [1.29, 1.82) is 0 Å². The van der Waals surface area contributed by atoms with Gasteiger partial charge in [-0.15, -0.1) is 0 Å². The minimum absolute atomic E-state index is 0.00449. The Morgan fingerprint density at radius 1 is 1.21 bits per heavy atom. The standard InChI is InChI=1S/C25H27N5O4/c1-15(18-6-4-17(25(32)26-2)11-21(18)33-3)8-9-27-23-12-20(28-14-29-23)16-5-7-19-22(10-16)34-13-24(31)30-19/h4-7,10-12,14-15H,8-9,13H2,1-3H3,(H,26,32)(H,30,31)(H,27,28,29). The van der Waals surface area contributed by atoms with Gasteiger partial charge in [-0.3, -0.25) is 9.59 Å². The van der Waals surface area contributed by atoms with E-state index < -0.39 is 0 Å². The van der Waals surface area contributed by atoms with Crippen LogP contribution >= 0.6 is 0 Å². The van der Waals surface area contributed by atoms with Crippen LogP contribution in [-0.2, 0) is 4.79 Å². The lowest BCUT2D eigenvalue weighted by Crippen LogP contribution is -2.25. The van der Waals surface area contributed by atoms with Crippen molar-refractivity contribution in [3.63, 3.8) is 0 Å². The molecule has 0 fully saturated rings. The molecule has 176 valence electrons. The van der Waals surface area contributed by atoms with E-state index in [0.717, 1.165) is 23.2 Å². The number of rotatable bonds is 8. The molecule has 0 aliphatic carbocycles. The van der Waals surface area contributed by atoms with Crippen LogP contribution in [0.4, 0.5) is 11.5 Å². The Morgan fingerprint density at radius 3 is 2.85 bits per heavy atom. The number of hydrogen-bond acceptors (Lipinski definition) is 7. The predicted molar refractivity (Wildman–Crippen MR) is 129 cm³/mol. The number of carbonyl (C=O) groups is 2. The zero-order chi connectivity index (χ0) is 24.1. The molecule has 0 spiro atoms. The first-order valence-corrected chi connectivity index (χ1v) is 11.0. The third-order valence-corrected chi connectivity index (χ3v) is 5.71. The average molecular weight is 462 g/mol. The molecule has 4 rings (SSSR count). The van der Waals surface area contributed by atoms with E-state index in [2.05, 4.69) is 32.8 Å². The summed E-state index contributed by atoms with van der Waals surface area (Å²) in [6, 6.07) is 13.0. The zero-order valence-electron chi connectivity index (χ0n) is 19.3. The third-order valence-electron chi connectivity index (χ3n) is 5.71. The highest BCUT2D eigenvalue weighted by atomic mass is 16.5. The van der Waals surface area contributed by atoms with Crippen LogP contribution in [0.5, 0.6) is 11.5 Å². The molecule has 1 atom stereocenters. The van der Waals surface area contributed by atoms with Crippen LogP contribution in [0.1, 0.15) is 35.2 Å². The van der Waals surface area contributed by atoms with Crippen LogP contribution in [0.15, 0.2) is 48.8 Å². The van der Waals surface area contributed by atoms with Crippen LogP contribution in [0, 0.1) is 0 Å². The number of nitrogens with zero attached hydrogens (tertiary/aromatic N) is 2. The molecule has 1 aliphatic heterocycles. The van der Waals surface area contributed by atoms with Crippen molar-refractivity contribution in [1.82, 2.24) is 15.3 Å². The number of hydrogen-bond donors (Lipinski definition) is 3. The van der Waals surface area contributed by atoms with E-state index >= 15 is 0 Å². The topological polar surface area (TPSA) is 114 Å². The lowest BCUT2D eigenvalue weighted by molar-refractivity contribution is -0.118. The van der Waals surface area contributed by atoms with Gasteiger partial charge in [0.25, 0.3) is 11.8 Å². The minimum Gasteiger partial charge on any atom is -0.496 e. The maximum Gasteiger partial charge on any atom is 0.262 e. The van der Waals surface area contributed by atoms with Gasteiger partial charge in [-0.1, -0.05) is 19.1 Å². The Morgan fingerprint density at radius 2 is 2.06 bits per heavy atom. The summed E-state index contributed by atoms with van der Waals surface area (Å²) in [5, 5.41) is 8.77. The SMILES string of the molecule is CNC(=O)c1ccc(C(C)CCNc2cc(-c3ccc4c(c3)OCC(=O)N4)ncn2)c(OC)c1. The third kappa shape index (κ3) is 5.09. The summed E-state index contributed by atoms with van der Waals surface area (Å²) in [7, 11) is 3.22. The second-order valence-electron chi connectivity index (χ2n) is 7.99. The summed E-state index contributed by atoms with van der Waals surface area (Å²) >= 11 is 0. The van der Waals surface area contributed by atoms with Gasteiger partial charge in [0.1, 0.15) is 23.6 Å². The van der Waals surface area contributed by atoms with Crippen LogP contribution in [0.25, 0.3) is 11.3 Å². The van der Waals surface area contributed by atoms with Crippen molar-refractivity contribution in [2.75, 3.05) is 37.9 Å². The fourth-order valence-corrected chi connectivity index (χ4v) is 3.82. The van der Waals surface area contributed by atoms with Gasteiger partial charge in [0.15, 0.2) is 6.61 Å². The van der Waals surface area contributed by atoms with E-state index in [1.165, 1.54) is 6.33 Å². The number of carbonyl (C=O) groups excluding carboxylic acids is 2. The fraction of sp³-hybridized carbons (Fsp3) is 0.280. The summed E-state index contributed by atoms with van der Waals surface area (Å²) in [5.41, 5.74) is 3.88. The maximum atomic E-state index is 11.9. The molecular formula is C25H27N5O4. The van der Waals surface area contributed by atoms with Gasteiger partial charge in [0.05, 0.1) is 18.5 Å². The van der Waals surface area contributed by atoms with Gasteiger partial charge in [-0.25, -0.2) is 9.97 Å². The van der Waals surface area contributed by atoms with Crippen LogP contribution in [-0.4, -0.2) is 49.1 Å². The lowest BCUT2D eigenvalue weighted by atomic mass is 9.95. The Labute approximate surface area is 197 Å². The molecule has 9 heteroatoms. The van der Waals surface area contributed by atoms with Crippen molar-refractivity contribution >= 4 is 23.3 Å². The van der Waals surface area contributed by atoms with Crippen molar-refractivity contribution in [2.45, 2.75) is 19.3 Å². The van der Waals surface area contributed by atoms with E-state index in [0.29, 0.717) is 35.1 Å². The van der Waals surface area contributed by atoms with Gasteiger partial charge in [0.2, 0.25) is 0 Å². The number of ether oxygens (including phenoxy) is 2. The van der Waals surface area contributed by atoms with E-state index in [-0.39, 0.29) is 24.3 Å². The highest BCUT2D eigenvalue weighted by Crippen LogP contribution is 2.33. The first kappa shape index (κ1) is 23.0. The molecule has 3 aromatic rings. The number of anilines is 2. The Balaban J connectivity index is 1.40. The summed E-state index contributed by atoms with van der Waals surface area (Å²) in [6.07, 6.45) is 2.35. The number of benzene rings is 2. The fourth-order valence-electron chi connectivity index (χ4n) is 3.82. The summed E-state index contributed by atoms with van der Waals surface area (Å²) in [5.74, 6) is 1.93. The van der Waals surface area contributed by atoms with Gasteiger partial charge in [-0.05, 0) is 42.2 Å². The Kier molecular flexibility index (Phi) is 6.91. The van der Waals surface area contributed by atoms with E-state index in [1.807, 2.05) is 30.3 Å². The molecule has 2 heterocycles. The predicted octanol–water partition coefficient (Wildman–Crippen LogP) is 3.45. The zero-order valence-corrected chi connectivity index (χ0v) is 19.3. The molecule has 1 aliphatic rings. The number of amides is 2. The van der Waals surface area contributed by atoms with Crippen molar-refractivity contribution < 1.29 is 19.1 Å². The highest BCUT2D eigenvalue weighted by molar-refractivity contribution is 5.96. The largest absolute Gasteiger partial charge is 0.496 e. The average Bonchev–Trinajstić information content (AvgIpc) is 2.87. The summed E-state index contributed by atoms with van der Waals surface area (Å²) in [6.45, 7) is 2.82. The highest BCUT2D eigenvalue weighted by Gasteiger charge is 2.17. The summed E-state index contributed by atoms with van der Waals surface area (Å²) < 4.78 is 11.0. The molecule has 34 heavy (non-hydrogen) atoms. The molecule has 0 saturated heterocycles. The Bertz CT molecular complexity index is 1210. The van der Waals surface area contributed by atoms with Gasteiger partial charge in [-0.2, -0.15) is 0 Å². The molecule has 0 saturated carbocycles. The smallest absolute Gasteiger partial charge is 0.262 e. The lowest BCUT2D eigenvalue weighted by Gasteiger charge is -2.18. The monoisotopic (exact) mass is 461 g/mol. The van der Waals surface area contributed by atoms with Crippen LogP contribution in [0.3, 0.4) is 0 Å². The van der Waals surface area contributed by atoms with E-state index in [9.17, 15) is 9.59 Å². The maximum absolute atomic E-state index is 11.9. The number of nitrogens with one attached hydrogen (secondary N) is 3. The summed E-state index contributed by atoms with van der Waals surface area (Å²) in [4.78, 5) is 32.1. The minimum atomic E-state index is -0.164. The number of fused-ring (bicyclic) bond motifs is 1. The molecule has 1 aromatic heterocycles. The van der Waals surface area contributed by atoms with Gasteiger partial charge >= 0.3 is 0 Å². The van der Waals surface area contributed by atoms with Gasteiger partial charge < -0.3 is 25.4 Å². The van der Waals surface area contributed by atoms with Crippen molar-refractivity contribution in [3.05, 3.63) is 59.9 Å². The second kappa shape index (κ2) is 10.2.